The maximum atomic E-state index is 13.9. The highest BCUT2D eigenvalue weighted by atomic mass is 32.1. The molecule has 19 heavy (non-hydrogen) atoms. The van der Waals surface area contributed by atoms with Gasteiger partial charge in [0.25, 0.3) is 5.91 Å². The van der Waals surface area contributed by atoms with Crippen LogP contribution in [0.4, 0.5) is 4.39 Å². The molecule has 1 saturated carbocycles. The third kappa shape index (κ3) is 2.92. The lowest BCUT2D eigenvalue weighted by Crippen LogP contribution is -2.42. The Bertz CT molecular complexity index is 518. The first kappa shape index (κ1) is 13.9. The molecule has 2 unspecified atom stereocenters. The molecule has 102 valence electrons. The van der Waals surface area contributed by atoms with Gasteiger partial charge in [-0.3, -0.25) is 4.79 Å². The summed E-state index contributed by atoms with van der Waals surface area (Å²) in [4.78, 5) is 12.5. The molecule has 0 aliphatic heterocycles. The van der Waals surface area contributed by atoms with Gasteiger partial charge in [0.1, 0.15) is 5.82 Å². The van der Waals surface area contributed by atoms with Gasteiger partial charge < -0.3 is 11.1 Å². The minimum atomic E-state index is -0.468. The van der Waals surface area contributed by atoms with E-state index in [1.165, 1.54) is 6.07 Å². The number of hydrogen-bond donors (Lipinski definition) is 2. The fourth-order valence-corrected chi connectivity index (χ4v) is 2.82. The lowest BCUT2D eigenvalue weighted by Gasteiger charge is -2.20. The van der Waals surface area contributed by atoms with Gasteiger partial charge in [0.05, 0.1) is 10.6 Å². The largest absolute Gasteiger partial charge is 0.393 e. The third-order valence-electron chi connectivity index (χ3n) is 3.63. The first-order valence-corrected chi connectivity index (χ1v) is 6.77. The van der Waals surface area contributed by atoms with Crippen molar-refractivity contribution < 1.29 is 9.18 Å². The average Bonchev–Trinajstić information content (AvgIpc) is 2.80. The second-order valence-corrected chi connectivity index (χ2v) is 5.43. The molecule has 5 heteroatoms. The molecule has 0 saturated heterocycles. The number of nitrogens with one attached hydrogen (secondary N) is 1. The van der Waals surface area contributed by atoms with E-state index < -0.39 is 11.7 Å². The van der Waals surface area contributed by atoms with Gasteiger partial charge in [-0.25, -0.2) is 4.39 Å². The fourth-order valence-electron chi connectivity index (χ4n) is 2.54. The Morgan fingerprint density at radius 1 is 1.47 bits per heavy atom. The molecule has 2 atom stereocenters. The lowest BCUT2D eigenvalue weighted by atomic mass is 10.0. The van der Waals surface area contributed by atoms with Crippen molar-refractivity contribution in [1.82, 2.24) is 5.32 Å². The van der Waals surface area contributed by atoms with Crippen LogP contribution < -0.4 is 11.1 Å². The van der Waals surface area contributed by atoms with Crippen LogP contribution in [0.1, 0.15) is 35.2 Å². The Morgan fingerprint density at radius 2 is 2.21 bits per heavy atom. The Kier molecular flexibility index (Phi) is 4.14. The molecule has 3 N–H and O–H groups in total. The second-order valence-electron chi connectivity index (χ2n) is 4.96. The molecular formula is C14H17FN2OS. The number of carbonyl (C=O) groups excluding carboxylic acids is 1. The Morgan fingerprint density at radius 3 is 2.89 bits per heavy atom. The number of halogens is 1. The van der Waals surface area contributed by atoms with Gasteiger partial charge in [-0.05, 0) is 31.4 Å². The number of nitrogens with two attached hydrogens (primary N) is 1. The van der Waals surface area contributed by atoms with Crippen molar-refractivity contribution in [2.75, 3.05) is 0 Å². The normalized spacial score (nSPS) is 22.2. The van der Waals surface area contributed by atoms with Crippen molar-refractivity contribution in [3.63, 3.8) is 0 Å². The van der Waals surface area contributed by atoms with Crippen LogP contribution in [0.2, 0.25) is 0 Å². The number of aryl methyl sites for hydroxylation is 1. The van der Waals surface area contributed by atoms with Gasteiger partial charge in [-0.1, -0.05) is 30.8 Å². The van der Waals surface area contributed by atoms with Gasteiger partial charge in [-0.2, -0.15) is 0 Å². The summed E-state index contributed by atoms with van der Waals surface area (Å²) in [6.45, 7) is 1.64. The molecule has 1 aromatic rings. The van der Waals surface area contributed by atoms with Crippen LogP contribution in [0.3, 0.4) is 0 Å². The van der Waals surface area contributed by atoms with Gasteiger partial charge in [0.2, 0.25) is 0 Å². The molecule has 1 aliphatic carbocycles. The van der Waals surface area contributed by atoms with E-state index in [1.54, 1.807) is 19.1 Å². The zero-order valence-electron chi connectivity index (χ0n) is 10.8. The number of hydrogen-bond acceptors (Lipinski definition) is 2. The molecule has 0 radical (unpaired) electrons. The van der Waals surface area contributed by atoms with Crippen molar-refractivity contribution in [2.45, 2.75) is 32.2 Å². The van der Waals surface area contributed by atoms with E-state index in [0.29, 0.717) is 10.6 Å². The summed E-state index contributed by atoms with van der Waals surface area (Å²) < 4.78 is 13.9. The van der Waals surface area contributed by atoms with Crippen molar-refractivity contribution in [1.29, 1.82) is 0 Å². The summed E-state index contributed by atoms with van der Waals surface area (Å²) in [6, 6.07) is 4.72. The van der Waals surface area contributed by atoms with E-state index in [2.05, 4.69) is 5.32 Å². The van der Waals surface area contributed by atoms with Crippen molar-refractivity contribution in [2.24, 2.45) is 11.7 Å². The highest BCUT2D eigenvalue weighted by Crippen LogP contribution is 2.26. The Labute approximate surface area is 117 Å². The van der Waals surface area contributed by atoms with E-state index >= 15 is 0 Å². The molecule has 2 rings (SSSR count). The van der Waals surface area contributed by atoms with Crippen LogP contribution in [0.15, 0.2) is 18.2 Å². The van der Waals surface area contributed by atoms with Crippen molar-refractivity contribution in [3.8, 4) is 0 Å². The lowest BCUT2D eigenvalue weighted by molar-refractivity contribution is 0.0929. The summed E-state index contributed by atoms with van der Waals surface area (Å²) in [5.74, 6) is -0.842. The molecule has 0 aromatic heterocycles. The first-order chi connectivity index (χ1) is 9.00. The molecule has 3 nitrogen and oxygen atoms in total. The summed E-state index contributed by atoms with van der Waals surface area (Å²) in [5, 5.41) is 2.85. The highest BCUT2D eigenvalue weighted by molar-refractivity contribution is 7.80. The molecule has 0 bridgehead atoms. The quantitative estimate of drug-likeness (QED) is 0.835. The molecule has 0 spiro atoms. The maximum absolute atomic E-state index is 13.9. The van der Waals surface area contributed by atoms with Crippen molar-refractivity contribution >= 4 is 23.1 Å². The minimum absolute atomic E-state index is 0.0202. The van der Waals surface area contributed by atoms with Crippen LogP contribution in [0.5, 0.6) is 0 Å². The number of carbonyl (C=O) groups is 1. The molecule has 1 aliphatic rings. The number of amides is 1. The fraction of sp³-hybridized carbons (Fsp3) is 0.429. The first-order valence-electron chi connectivity index (χ1n) is 6.36. The Hall–Kier alpha value is -1.49. The molecule has 0 heterocycles. The summed E-state index contributed by atoms with van der Waals surface area (Å²) in [7, 11) is 0. The molecule has 1 fully saturated rings. The summed E-state index contributed by atoms with van der Waals surface area (Å²) in [6.07, 6.45) is 2.70. The smallest absolute Gasteiger partial charge is 0.254 e. The van der Waals surface area contributed by atoms with Crippen LogP contribution >= 0.6 is 12.2 Å². The third-order valence-corrected chi connectivity index (χ3v) is 3.94. The van der Waals surface area contributed by atoms with Gasteiger partial charge in [0, 0.05) is 12.0 Å². The van der Waals surface area contributed by atoms with Crippen molar-refractivity contribution in [3.05, 3.63) is 35.1 Å². The van der Waals surface area contributed by atoms with Gasteiger partial charge in [0.15, 0.2) is 0 Å². The highest BCUT2D eigenvalue weighted by Gasteiger charge is 2.31. The van der Waals surface area contributed by atoms with E-state index in [-0.39, 0.29) is 17.5 Å². The predicted octanol–water partition coefficient (Wildman–Crippen LogP) is 2.32. The standard InChI is InChI=1S/C14H17FN2OS/c1-8-4-2-6-10(12(8)15)14(18)17-11-7-3-5-9(11)13(16)19/h2,4,6,9,11H,3,5,7H2,1H3,(H2,16,19)(H,17,18). The predicted molar refractivity (Wildman–Crippen MR) is 76.5 cm³/mol. The van der Waals surface area contributed by atoms with Crippen LogP contribution in [0.25, 0.3) is 0 Å². The monoisotopic (exact) mass is 280 g/mol. The Balaban J connectivity index is 2.13. The second kappa shape index (κ2) is 5.65. The SMILES string of the molecule is Cc1cccc(C(=O)NC2CCCC2C(N)=S)c1F. The molecule has 1 aromatic carbocycles. The van der Waals surface area contributed by atoms with Crippen LogP contribution in [0, 0.1) is 18.7 Å². The number of benzene rings is 1. The number of rotatable bonds is 3. The zero-order valence-corrected chi connectivity index (χ0v) is 11.6. The zero-order chi connectivity index (χ0) is 14.0. The molecular weight excluding hydrogens is 263 g/mol. The number of thiocarbonyl (C=S) groups is 1. The maximum Gasteiger partial charge on any atom is 0.254 e. The van der Waals surface area contributed by atoms with Gasteiger partial charge in [-0.15, -0.1) is 0 Å². The van der Waals surface area contributed by atoms with E-state index in [9.17, 15) is 9.18 Å². The van der Waals surface area contributed by atoms with E-state index in [4.69, 9.17) is 18.0 Å². The summed E-state index contributed by atoms with van der Waals surface area (Å²) in [5.41, 5.74) is 6.20. The topological polar surface area (TPSA) is 55.1 Å². The van der Waals surface area contributed by atoms with Crippen LogP contribution in [-0.4, -0.2) is 16.9 Å². The average molecular weight is 280 g/mol. The van der Waals surface area contributed by atoms with Gasteiger partial charge >= 0.3 is 0 Å². The van der Waals surface area contributed by atoms with E-state index in [0.717, 1.165) is 19.3 Å². The van der Waals surface area contributed by atoms with Crippen LogP contribution in [-0.2, 0) is 0 Å². The minimum Gasteiger partial charge on any atom is -0.393 e. The summed E-state index contributed by atoms with van der Waals surface area (Å²) >= 11 is 5.00. The van der Waals surface area contributed by atoms with E-state index in [1.807, 2.05) is 0 Å². The molecule has 1 amide bonds.